The molecular formula is C28H22Cl3FN2O3. The summed E-state index contributed by atoms with van der Waals surface area (Å²) < 4.78 is 16.9. The highest BCUT2D eigenvalue weighted by Gasteiger charge is 2.34. The number of fused-ring (bicyclic) bond motifs is 1. The van der Waals surface area contributed by atoms with Gasteiger partial charge in [-0.1, -0.05) is 46.9 Å². The number of rotatable bonds is 6. The van der Waals surface area contributed by atoms with Gasteiger partial charge >= 0.3 is 5.97 Å². The lowest BCUT2D eigenvalue weighted by Gasteiger charge is -2.17. The second kappa shape index (κ2) is 9.35. The lowest BCUT2D eigenvalue weighted by Crippen LogP contribution is -2.19. The number of carbonyl (C=O) groups excluding carboxylic acids is 1. The molecule has 0 spiro atoms. The van der Waals surface area contributed by atoms with Crippen molar-refractivity contribution in [2.45, 2.75) is 38.3 Å². The molecule has 0 atom stereocenters. The summed E-state index contributed by atoms with van der Waals surface area (Å²) in [6.07, 6.45) is 7.84. The molecular weight excluding hydrogens is 538 g/mol. The molecule has 2 aromatic carbocycles. The molecule has 0 radical (unpaired) electrons. The Bertz CT molecular complexity index is 1580. The SMILES string of the molecule is CC(C)(F)c1[nH]cc(-c2c(Cl)cc(Cl)cc2Cl)c1C(=O)n1cc(C2CC2)c2c(/C=C/C(=O)O)cccc21. The van der Waals surface area contributed by atoms with Crippen LogP contribution < -0.4 is 0 Å². The molecule has 0 aliphatic heterocycles. The van der Waals surface area contributed by atoms with Gasteiger partial charge in [-0.3, -0.25) is 9.36 Å². The van der Waals surface area contributed by atoms with Gasteiger partial charge in [0.25, 0.3) is 5.91 Å². The van der Waals surface area contributed by atoms with Gasteiger partial charge in [0.05, 0.1) is 26.8 Å². The second-order valence-electron chi connectivity index (χ2n) is 9.62. The van der Waals surface area contributed by atoms with Crippen molar-refractivity contribution in [3.63, 3.8) is 0 Å². The first-order valence-electron chi connectivity index (χ1n) is 11.6. The zero-order valence-electron chi connectivity index (χ0n) is 19.9. The number of nitrogens with zero attached hydrogens (tertiary/aromatic N) is 1. The third-order valence-corrected chi connectivity index (χ3v) is 7.31. The average molecular weight is 560 g/mol. The van der Waals surface area contributed by atoms with Gasteiger partial charge in [0, 0.05) is 40.0 Å². The van der Waals surface area contributed by atoms with Crippen LogP contribution in [0.5, 0.6) is 0 Å². The monoisotopic (exact) mass is 558 g/mol. The van der Waals surface area contributed by atoms with Crippen LogP contribution in [0.3, 0.4) is 0 Å². The number of carboxylic acids is 1. The number of alkyl halides is 1. The molecule has 2 aromatic heterocycles. The number of aromatic nitrogens is 2. The molecule has 0 bridgehead atoms. The fourth-order valence-electron chi connectivity index (χ4n) is 4.75. The van der Waals surface area contributed by atoms with Gasteiger partial charge in [0.2, 0.25) is 0 Å². The Morgan fingerprint density at radius 1 is 1.16 bits per heavy atom. The highest BCUT2D eigenvalue weighted by Crippen LogP contribution is 2.46. The van der Waals surface area contributed by atoms with Gasteiger partial charge in [-0.15, -0.1) is 0 Å². The Hall–Kier alpha value is -3.06. The van der Waals surface area contributed by atoms with Crippen LogP contribution in [0.4, 0.5) is 4.39 Å². The summed E-state index contributed by atoms with van der Waals surface area (Å²) in [7, 11) is 0. The molecule has 1 saturated carbocycles. The van der Waals surface area contributed by atoms with E-state index in [2.05, 4.69) is 4.98 Å². The van der Waals surface area contributed by atoms with Crippen molar-refractivity contribution in [3.05, 3.63) is 86.3 Å². The maximum absolute atomic E-state index is 15.4. The summed E-state index contributed by atoms with van der Waals surface area (Å²) in [6.45, 7) is 2.73. The van der Waals surface area contributed by atoms with Gasteiger partial charge in [0.1, 0.15) is 5.67 Å². The highest BCUT2D eigenvalue weighted by atomic mass is 35.5. The predicted molar refractivity (Wildman–Crippen MR) is 146 cm³/mol. The second-order valence-corrected chi connectivity index (χ2v) is 10.9. The zero-order valence-corrected chi connectivity index (χ0v) is 22.2. The van der Waals surface area contributed by atoms with Crippen LogP contribution in [0.1, 0.15) is 59.8 Å². The lowest BCUT2D eigenvalue weighted by molar-refractivity contribution is -0.131. The van der Waals surface area contributed by atoms with E-state index < -0.39 is 17.5 Å². The number of aliphatic carboxylic acids is 1. The van der Waals surface area contributed by atoms with E-state index in [1.54, 1.807) is 18.3 Å². The number of carbonyl (C=O) groups is 2. The molecule has 1 aliphatic rings. The Kier molecular flexibility index (Phi) is 6.47. The van der Waals surface area contributed by atoms with E-state index in [-0.39, 0.29) is 27.2 Å². The van der Waals surface area contributed by atoms with E-state index in [1.165, 1.54) is 42.8 Å². The van der Waals surface area contributed by atoms with Crippen LogP contribution in [0, 0.1) is 0 Å². The van der Waals surface area contributed by atoms with E-state index in [1.807, 2.05) is 6.07 Å². The fourth-order valence-corrected chi connectivity index (χ4v) is 5.77. The highest BCUT2D eigenvalue weighted by molar-refractivity contribution is 6.42. The van der Waals surface area contributed by atoms with Crippen molar-refractivity contribution < 1.29 is 19.1 Å². The van der Waals surface area contributed by atoms with Crippen LogP contribution in [-0.2, 0) is 10.5 Å². The van der Waals surface area contributed by atoms with E-state index in [0.29, 0.717) is 27.2 Å². The van der Waals surface area contributed by atoms with E-state index in [9.17, 15) is 9.59 Å². The van der Waals surface area contributed by atoms with Crippen molar-refractivity contribution in [2.75, 3.05) is 0 Å². The van der Waals surface area contributed by atoms with E-state index in [0.717, 1.165) is 29.9 Å². The first-order valence-corrected chi connectivity index (χ1v) is 12.8. The summed E-state index contributed by atoms with van der Waals surface area (Å²) in [5.74, 6) is -1.27. The summed E-state index contributed by atoms with van der Waals surface area (Å²) >= 11 is 19.1. The van der Waals surface area contributed by atoms with Crippen molar-refractivity contribution >= 4 is 63.7 Å². The Balaban J connectivity index is 1.77. The zero-order chi connectivity index (χ0) is 26.6. The van der Waals surface area contributed by atoms with Gasteiger partial charge in [-0.25, -0.2) is 9.18 Å². The topological polar surface area (TPSA) is 75.1 Å². The van der Waals surface area contributed by atoms with Crippen molar-refractivity contribution in [3.8, 4) is 11.1 Å². The number of benzene rings is 2. The Morgan fingerprint density at radius 2 is 1.84 bits per heavy atom. The predicted octanol–water partition coefficient (Wildman–Crippen LogP) is 8.46. The minimum atomic E-state index is -1.88. The molecule has 2 N–H and O–H groups in total. The number of aromatic amines is 1. The Labute approximate surface area is 227 Å². The first-order chi connectivity index (χ1) is 17.5. The third-order valence-electron chi connectivity index (χ3n) is 6.50. The number of carboxylic acid groups (broad SMARTS) is 1. The molecule has 2 heterocycles. The first kappa shape index (κ1) is 25.6. The molecule has 0 saturated heterocycles. The fraction of sp³-hybridized carbons (Fsp3) is 0.214. The smallest absolute Gasteiger partial charge is 0.328 e. The van der Waals surface area contributed by atoms with E-state index >= 15 is 4.39 Å². The van der Waals surface area contributed by atoms with Gasteiger partial charge in [0.15, 0.2) is 0 Å². The maximum atomic E-state index is 15.4. The molecule has 190 valence electrons. The van der Waals surface area contributed by atoms with Gasteiger partial charge < -0.3 is 10.1 Å². The number of H-pyrrole nitrogens is 1. The number of hydrogen-bond acceptors (Lipinski definition) is 2. The number of halogens is 4. The molecule has 9 heteroatoms. The van der Waals surface area contributed by atoms with E-state index in [4.69, 9.17) is 39.9 Å². The number of nitrogens with one attached hydrogen (secondary N) is 1. The maximum Gasteiger partial charge on any atom is 0.328 e. The number of hydrogen-bond donors (Lipinski definition) is 2. The molecule has 37 heavy (non-hydrogen) atoms. The summed E-state index contributed by atoms with van der Waals surface area (Å²) in [5.41, 5.74) is 1.28. The van der Waals surface area contributed by atoms with Crippen LogP contribution in [0.2, 0.25) is 15.1 Å². The van der Waals surface area contributed by atoms with Crippen molar-refractivity contribution in [1.82, 2.24) is 9.55 Å². The van der Waals surface area contributed by atoms with Crippen LogP contribution >= 0.6 is 34.8 Å². The minimum Gasteiger partial charge on any atom is -0.478 e. The molecule has 0 amide bonds. The quantitative estimate of drug-likeness (QED) is 0.233. The third kappa shape index (κ3) is 4.70. The summed E-state index contributed by atoms with van der Waals surface area (Å²) in [6, 6.07) is 8.40. The molecule has 5 nitrogen and oxygen atoms in total. The van der Waals surface area contributed by atoms with Crippen LogP contribution in [0.15, 0.2) is 48.8 Å². The lowest BCUT2D eigenvalue weighted by atomic mass is 9.96. The average Bonchev–Trinajstić information content (AvgIpc) is 3.42. The molecule has 5 rings (SSSR count). The van der Waals surface area contributed by atoms with Crippen LogP contribution in [0.25, 0.3) is 28.1 Å². The molecule has 1 aliphatic carbocycles. The largest absolute Gasteiger partial charge is 0.478 e. The van der Waals surface area contributed by atoms with Crippen molar-refractivity contribution in [2.24, 2.45) is 0 Å². The molecule has 4 aromatic rings. The molecule has 0 unspecified atom stereocenters. The van der Waals surface area contributed by atoms with Gasteiger partial charge in [-0.2, -0.15) is 0 Å². The van der Waals surface area contributed by atoms with Gasteiger partial charge in [-0.05, 0) is 68.0 Å². The van der Waals surface area contributed by atoms with Crippen molar-refractivity contribution in [1.29, 1.82) is 0 Å². The Morgan fingerprint density at radius 3 is 2.43 bits per heavy atom. The minimum absolute atomic E-state index is 0.0892. The van der Waals surface area contributed by atoms with Crippen LogP contribution in [-0.4, -0.2) is 26.5 Å². The standard InChI is InChI=1S/C28H22Cl3FN2O3/c1-28(2,32)26-25(17(12-33-26)24-19(30)10-16(29)11-20(24)31)27(37)34-13-18(14-6-7-14)23-15(8-9-22(35)36)4-3-5-21(23)34/h3-5,8-14,33H,6-7H2,1-2H3,(H,35,36)/b9-8+. The summed E-state index contributed by atoms with van der Waals surface area (Å²) in [4.78, 5) is 28.4. The summed E-state index contributed by atoms with van der Waals surface area (Å²) in [5, 5.41) is 10.7. The molecule has 1 fully saturated rings. The normalized spacial score (nSPS) is 14.1.